The molecular weight excluding hydrogens is 180 g/mol. The van der Waals surface area contributed by atoms with Crippen LogP contribution in [0.3, 0.4) is 0 Å². The van der Waals surface area contributed by atoms with Crippen molar-refractivity contribution in [3.8, 4) is 5.69 Å². The number of aromatic nitrogens is 3. The average molecular weight is 190 g/mol. The van der Waals surface area contributed by atoms with Gasteiger partial charge in [-0.2, -0.15) is 5.10 Å². The van der Waals surface area contributed by atoms with E-state index in [1.807, 2.05) is 0 Å². The number of pyridine rings is 1. The first-order chi connectivity index (χ1) is 6.66. The summed E-state index contributed by atoms with van der Waals surface area (Å²) in [5.74, 6) is 0.436. The van der Waals surface area contributed by atoms with Crippen LogP contribution in [0.1, 0.15) is 0 Å². The summed E-state index contributed by atoms with van der Waals surface area (Å²) in [6, 6.07) is 4.98. The molecule has 0 atom stereocenters. The molecule has 2 aromatic heterocycles. The summed E-state index contributed by atoms with van der Waals surface area (Å²) < 4.78 is 3.06. The molecule has 0 unspecified atom stereocenters. The molecule has 0 fully saturated rings. The van der Waals surface area contributed by atoms with Crippen molar-refractivity contribution in [2.45, 2.75) is 0 Å². The summed E-state index contributed by atoms with van der Waals surface area (Å²) in [6.45, 7) is 0. The molecule has 0 aliphatic heterocycles. The lowest BCUT2D eigenvalue weighted by Gasteiger charge is -2.01. The number of rotatable bonds is 1. The molecule has 0 radical (unpaired) electrons. The molecule has 0 saturated heterocycles. The Labute approximate surface area is 80.4 Å². The van der Waals surface area contributed by atoms with Gasteiger partial charge < -0.3 is 10.3 Å². The highest BCUT2D eigenvalue weighted by Crippen LogP contribution is 2.04. The average Bonchev–Trinajstić information content (AvgIpc) is 2.57. The standard InChI is InChI=1S/C9H10N4O/c1-12-4-2-7(6-9(12)14)13-5-3-8(10)11-13/h2-6H,1H3,(H2,10,11). The minimum absolute atomic E-state index is 0.0726. The summed E-state index contributed by atoms with van der Waals surface area (Å²) in [6.07, 6.45) is 3.40. The molecule has 0 aromatic carbocycles. The number of aryl methyl sites for hydroxylation is 1. The lowest BCUT2D eigenvalue weighted by Crippen LogP contribution is -2.15. The van der Waals surface area contributed by atoms with E-state index in [1.54, 1.807) is 36.3 Å². The number of hydrogen-bond acceptors (Lipinski definition) is 3. The fourth-order valence-electron chi connectivity index (χ4n) is 1.16. The Kier molecular flexibility index (Phi) is 1.85. The van der Waals surface area contributed by atoms with Gasteiger partial charge in [0.15, 0.2) is 0 Å². The van der Waals surface area contributed by atoms with Crippen molar-refractivity contribution in [2.24, 2.45) is 7.05 Å². The molecule has 0 aliphatic rings. The maximum absolute atomic E-state index is 11.3. The Morgan fingerprint density at radius 1 is 1.36 bits per heavy atom. The molecule has 5 heteroatoms. The van der Waals surface area contributed by atoms with Crippen molar-refractivity contribution < 1.29 is 0 Å². The highest BCUT2D eigenvalue weighted by molar-refractivity contribution is 5.33. The molecule has 2 heterocycles. The van der Waals surface area contributed by atoms with E-state index in [2.05, 4.69) is 5.10 Å². The molecule has 0 aliphatic carbocycles. The van der Waals surface area contributed by atoms with E-state index >= 15 is 0 Å². The second kappa shape index (κ2) is 3.02. The molecule has 0 bridgehead atoms. The van der Waals surface area contributed by atoms with Gasteiger partial charge in [-0.25, -0.2) is 4.68 Å². The van der Waals surface area contributed by atoms with E-state index in [-0.39, 0.29) is 5.56 Å². The van der Waals surface area contributed by atoms with Gasteiger partial charge in [-0.15, -0.1) is 0 Å². The molecule has 2 aromatic rings. The van der Waals surface area contributed by atoms with Crippen LogP contribution >= 0.6 is 0 Å². The van der Waals surface area contributed by atoms with Gasteiger partial charge in [-0.05, 0) is 6.07 Å². The van der Waals surface area contributed by atoms with Gasteiger partial charge >= 0.3 is 0 Å². The van der Waals surface area contributed by atoms with Gasteiger partial charge in [0.25, 0.3) is 5.56 Å². The van der Waals surface area contributed by atoms with Crippen LogP contribution in [0.15, 0.2) is 35.4 Å². The SMILES string of the molecule is Cn1ccc(-n2ccc(N)n2)cc1=O. The van der Waals surface area contributed by atoms with E-state index in [9.17, 15) is 4.79 Å². The number of nitrogens with zero attached hydrogens (tertiary/aromatic N) is 3. The predicted molar refractivity (Wildman–Crippen MR) is 53.2 cm³/mol. The number of anilines is 1. The quantitative estimate of drug-likeness (QED) is 0.696. The van der Waals surface area contributed by atoms with Gasteiger partial charge in [0, 0.05) is 31.6 Å². The van der Waals surface area contributed by atoms with Crippen LogP contribution in [0, 0.1) is 0 Å². The van der Waals surface area contributed by atoms with Gasteiger partial charge in [0.1, 0.15) is 5.82 Å². The monoisotopic (exact) mass is 190 g/mol. The van der Waals surface area contributed by atoms with Crippen LogP contribution in [0.2, 0.25) is 0 Å². The van der Waals surface area contributed by atoms with Crippen LogP contribution in [0.4, 0.5) is 5.82 Å². The third kappa shape index (κ3) is 1.39. The zero-order valence-electron chi connectivity index (χ0n) is 7.71. The highest BCUT2D eigenvalue weighted by Gasteiger charge is 1.99. The van der Waals surface area contributed by atoms with Gasteiger partial charge in [0.05, 0.1) is 5.69 Å². The fourth-order valence-corrected chi connectivity index (χ4v) is 1.16. The summed E-state index contributed by atoms with van der Waals surface area (Å²) in [7, 11) is 1.70. The predicted octanol–water partition coefficient (Wildman–Crippen LogP) is 0.153. The number of nitrogen functional groups attached to an aromatic ring is 1. The second-order valence-electron chi connectivity index (χ2n) is 3.02. The number of nitrogens with two attached hydrogens (primary N) is 1. The highest BCUT2D eigenvalue weighted by atomic mass is 16.1. The molecule has 0 amide bonds. The third-order valence-corrected chi connectivity index (χ3v) is 1.96. The molecule has 0 saturated carbocycles. The molecule has 0 spiro atoms. The third-order valence-electron chi connectivity index (χ3n) is 1.96. The largest absolute Gasteiger partial charge is 0.382 e. The Morgan fingerprint density at radius 3 is 2.71 bits per heavy atom. The maximum atomic E-state index is 11.3. The Morgan fingerprint density at radius 2 is 2.14 bits per heavy atom. The molecule has 14 heavy (non-hydrogen) atoms. The van der Waals surface area contributed by atoms with Crippen molar-refractivity contribution in [3.05, 3.63) is 40.9 Å². The minimum Gasteiger partial charge on any atom is -0.382 e. The maximum Gasteiger partial charge on any atom is 0.252 e. The summed E-state index contributed by atoms with van der Waals surface area (Å²) in [5, 5.41) is 4.00. The second-order valence-corrected chi connectivity index (χ2v) is 3.02. The first-order valence-corrected chi connectivity index (χ1v) is 4.15. The van der Waals surface area contributed by atoms with E-state index in [4.69, 9.17) is 5.73 Å². The normalized spacial score (nSPS) is 10.4. The summed E-state index contributed by atoms with van der Waals surface area (Å²) in [4.78, 5) is 11.3. The lowest BCUT2D eigenvalue weighted by atomic mass is 10.4. The topological polar surface area (TPSA) is 65.8 Å². The van der Waals surface area contributed by atoms with E-state index in [1.165, 1.54) is 10.6 Å². The van der Waals surface area contributed by atoms with E-state index in [0.717, 1.165) is 0 Å². The van der Waals surface area contributed by atoms with E-state index in [0.29, 0.717) is 11.5 Å². The van der Waals surface area contributed by atoms with Crippen LogP contribution in [-0.4, -0.2) is 14.3 Å². The van der Waals surface area contributed by atoms with E-state index < -0.39 is 0 Å². The fraction of sp³-hybridized carbons (Fsp3) is 0.111. The molecular formula is C9H10N4O. The summed E-state index contributed by atoms with van der Waals surface area (Å²) in [5.41, 5.74) is 6.11. The zero-order chi connectivity index (χ0) is 10.1. The Balaban J connectivity index is 2.53. The van der Waals surface area contributed by atoms with Crippen LogP contribution in [-0.2, 0) is 7.05 Å². The lowest BCUT2D eigenvalue weighted by molar-refractivity contribution is 0.828. The minimum atomic E-state index is -0.0726. The Hall–Kier alpha value is -2.04. The first kappa shape index (κ1) is 8.55. The van der Waals surface area contributed by atoms with Crippen molar-refractivity contribution >= 4 is 5.82 Å². The van der Waals surface area contributed by atoms with Crippen molar-refractivity contribution in [3.63, 3.8) is 0 Å². The zero-order valence-corrected chi connectivity index (χ0v) is 7.71. The first-order valence-electron chi connectivity index (χ1n) is 4.15. The van der Waals surface area contributed by atoms with Crippen LogP contribution in [0.25, 0.3) is 5.69 Å². The number of hydrogen-bond donors (Lipinski definition) is 1. The van der Waals surface area contributed by atoms with Crippen LogP contribution < -0.4 is 11.3 Å². The van der Waals surface area contributed by atoms with Gasteiger partial charge in [-0.3, -0.25) is 4.79 Å². The molecule has 2 rings (SSSR count). The van der Waals surface area contributed by atoms with Crippen molar-refractivity contribution in [1.29, 1.82) is 0 Å². The van der Waals surface area contributed by atoms with Gasteiger partial charge in [-0.1, -0.05) is 0 Å². The molecule has 5 nitrogen and oxygen atoms in total. The molecule has 2 N–H and O–H groups in total. The van der Waals surface area contributed by atoms with Crippen molar-refractivity contribution in [2.75, 3.05) is 5.73 Å². The van der Waals surface area contributed by atoms with Gasteiger partial charge in [0.2, 0.25) is 0 Å². The summed E-state index contributed by atoms with van der Waals surface area (Å²) >= 11 is 0. The van der Waals surface area contributed by atoms with Crippen LogP contribution in [0.5, 0.6) is 0 Å². The molecule has 72 valence electrons. The smallest absolute Gasteiger partial charge is 0.252 e. The Bertz CT molecular complexity index is 512. The van der Waals surface area contributed by atoms with Crippen molar-refractivity contribution in [1.82, 2.24) is 14.3 Å².